The van der Waals surface area contributed by atoms with E-state index in [-0.39, 0.29) is 30.6 Å². The van der Waals surface area contributed by atoms with E-state index in [0.29, 0.717) is 13.2 Å². The largest absolute Gasteiger partial charge is 0.383 e. The number of fused-ring (bicyclic) bond motifs is 1. The predicted octanol–water partition coefficient (Wildman–Crippen LogP) is 2.21. The molecular formula is C20H21FN2O3. The highest BCUT2D eigenvalue weighted by atomic mass is 19.1. The van der Waals surface area contributed by atoms with Gasteiger partial charge in [-0.05, 0) is 28.8 Å². The Morgan fingerprint density at radius 3 is 2.69 bits per heavy atom. The molecule has 0 saturated carbocycles. The summed E-state index contributed by atoms with van der Waals surface area (Å²) in [6, 6.07) is 12.7. The molecule has 0 aromatic heterocycles. The smallest absolute Gasteiger partial charge is 0.247 e. The molecule has 1 N–H and O–H groups in total. The molecule has 3 rings (SSSR count). The summed E-state index contributed by atoms with van der Waals surface area (Å²) < 4.78 is 18.1. The van der Waals surface area contributed by atoms with Crippen molar-refractivity contribution in [3.8, 4) is 0 Å². The van der Waals surface area contributed by atoms with Crippen LogP contribution in [0.1, 0.15) is 22.7 Å². The SMILES string of the molecule is COCCN1C(=O)Cc2ccccc2[C@@H]1C(=O)NCc1ccc(F)cc1. The zero-order chi connectivity index (χ0) is 18.5. The molecule has 0 unspecified atom stereocenters. The highest BCUT2D eigenvalue weighted by Crippen LogP contribution is 2.30. The van der Waals surface area contributed by atoms with Crippen LogP contribution in [0.25, 0.3) is 0 Å². The van der Waals surface area contributed by atoms with Crippen molar-refractivity contribution in [3.63, 3.8) is 0 Å². The molecule has 0 fully saturated rings. The first-order valence-electron chi connectivity index (χ1n) is 8.48. The Labute approximate surface area is 151 Å². The van der Waals surface area contributed by atoms with E-state index in [1.165, 1.54) is 12.1 Å². The van der Waals surface area contributed by atoms with Crippen LogP contribution in [-0.2, 0) is 27.3 Å². The van der Waals surface area contributed by atoms with E-state index in [0.717, 1.165) is 16.7 Å². The second kappa shape index (κ2) is 8.10. The Kier molecular flexibility index (Phi) is 5.63. The fourth-order valence-corrected chi connectivity index (χ4v) is 3.15. The number of hydrogen-bond donors (Lipinski definition) is 1. The molecule has 0 spiro atoms. The molecule has 1 atom stereocenters. The number of rotatable bonds is 6. The minimum Gasteiger partial charge on any atom is -0.383 e. The average Bonchev–Trinajstić information content (AvgIpc) is 2.65. The van der Waals surface area contributed by atoms with Crippen molar-refractivity contribution in [1.82, 2.24) is 10.2 Å². The molecule has 0 bridgehead atoms. The third-order valence-electron chi connectivity index (χ3n) is 4.49. The number of methoxy groups -OCH3 is 1. The Morgan fingerprint density at radius 1 is 1.23 bits per heavy atom. The lowest BCUT2D eigenvalue weighted by Crippen LogP contribution is -2.48. The molecule has 1 aliphatic rings. The standard InChI is InChI=1S/C20H21FN2O3/c1-26-11-10-23-18(24)12-15-4-2-3-5-17(15)19(23)20(25)22-13-14-6-8-16(21)9-7-14/h2-9,19H,10-13H2,1H3,(H,22,25)/t19-/m1/s1. The van der Waals surface area contributed by atoms with Gasteiger partial charge < -0.3 is 15.0 Å². The molecule has 0 aliphatic carbocycles. The van der Waals surface area contributed by atoms with Gasteiger partial charge in [0.05, 0.1) is 13.0 Å². The van der Waals surface area contributed by atoms with Gasteiger partial charge in [-0.25, -0.2) is 4.39 Å². The van der Waals surface area contributed by atoms with Crippen LogP contribution in [0.4, 0.5) is 4.39 Å². The minimum absolute atomic E-state index is 0.0947. The number of nitrogens with one attached hydrogen (secondary N) is 1. The molecule has 2 aromatic rings. The molecule has 6 heteroatoms. The normalized spacial score (nSPS) is 16.3. The van der Waals surface area contributed by atoms with Crippen molar-refractivity contribution in [1.29, 1.82) is 0 Å². The molecular weight excluding hydrogens is 335 g/mol. The summed E-state index contributed by atoms with van der Waals surface area (Å²) >= 11 is 0. The lowest BCUT2D eigenvalue weighted by Gasteiger charge is -2.36. The maximum absolute atomic E-state index is 13.0. The van der Waals surface area contributed by atoms with Crippen molar-refractivity contribution < 1.29 is 18.7 Å². The number of amides is 2. The van der Waals surface area contributed by atoms with Gasteiger partial charge in [-0.1, -0.05) is 36.4 Å². The predicted molar refractivity (Wildman–Crippen MR) is 94.7 cm³/mol. The fourth-order valence-electron chi connectivity index (χ4n) is 3.15. The van der Waals surface area contributed by atoms with Crippen molar-refractivity contribution in [2.24, 2.45) is 0 Å². The van der Waals surface area contributed by atoms with Gasteiger partial charge >= 0.3 is 0 Å². The third kappa shape index (κ3) is 3.91. The quantitative estimate of drug-likeness (QED) is 0.863. The molecule has 0 saturated heterocycles. The number of benzene rings is 2. The molecule has 2 amide bonds. The Morgan fingerprint density at radius 2 is 1.96 bits per heavy atom. The van der Waals surface area contributed by atoms with E-state index in [9.17, 15) is 14.0 Å². The zero-order valence-electron chi connectivity index (χ0n) is 14.6. The van der Waals surface area contributed by atoms with Crippen LogP contribution >= 0.6 is 0 Å². The van der Waals surface area contributed by atoms with E-state index >= 15 is 0 Å². The van der Waals surface area contributed by atoms with Crippen LogP contribution in [-0.4, -0.2) is 37.0 Å². The summed E-state index contributed by atoms with van der Waals surface area (Å²) in [6.07, 6.45) is 0.279. The summed E-state index contributed by atoms with van der Waals surface area (Å²) in [4.78, 5) is 27.0. The summed E-state index contributed by atoms with van der Waals surface area (Å²) in [5.74, 6) is -0.675. The number of ether oxygens (including phenoxy) is 1. The molecule has 5 nitrogen and oxygen atoms in total. The number of carbonyl (C=O) groups excluding carboxylic acids is 2. The van der Waals surface area contributed by atoms with Gasteiger partial charge in [0.1, 0.15) is 11.9 Å². The van der Waals surface area contributed by atoms with Crippen molar-refractivity contribution in [2.75, 3.05) is 20.3 Å². The minimum atomic E-state index is -0.692. The summed E-state index contributed by atoms with van der Waals surface area (Å²) in [5, 5.41) is 2.86. The van der Waals surface area contributed by atoms with E-state index < -0.39 is 6.04 Å². The van der Waals surface area contributed by atoms with Crippen LogP contribution in [0.3, 0.4) is 0 Å². The first kappa shape index (κ1) is 18.1. The summed E-state index contributed by atoms with van der Waals surface area (Å²) in [5.41, 5.74) is 2.49. The first-order valence-corrected chi connectivity index (χ1v) is 8.48. The van der Waals surface area contributed by atoms with Crippen molar-refractivity contribution >= 4 is 11.8 Å². The zero-order valence-corrected chi connectivity index (χ0v) is 14.6. The van der Waals surface area contributed by atoms with Crippen LogP contribution in [0.15, 0.2) is 48.5 Å². The van der Waals surface area contributed by atoms with Crippen LogP contribution in [0, 0.1) is 5.82 Å². The molecule has 2 aromatic carbocycles. The third-order valence-corrected chi connectivity index (χ3v) is 4.49. The van der Waals surface area contributed by atoms with Crippen molar-refractivity contribution in [2.45, 2.75) is 19.0 Å². The van der Waals surface area contributed by atoms with E-state index in [4.69, 9.17) is 4.74 Å². The summed E-state index contributed by atoms with van der Waals surface area (Å²) in [7, 11) is 1.56. The second-order valence-electron chi connectivity index (χ2n) is 6.20. The number of carbonyl (C=O) groups is 2. The van der Waals surface area contributed by atoms with Gasteiger partial charge in [-0.15, -0.1) is 0 Å². The maximum Gasteiger partial charge on any atom is 0.247 e. The van der Waals surface area contributed by atoms with Gasteiger partial charge in [0.2, 0.25) is 11.8 Å². The fraction of sp³-hybridized carbons (Fsp3) is 0.300. The molecule has 26 heavy (non-hydrogen) atoms. The van der Waals surface area contributed by atoms with E-state index in [1.807, 2.05) is 24.3 Å². The van der Waals surface area contributed by atoms with Gasteiger partial charge in [-0.3, -0.25) is 9.59 Å². The first-order chi connectivity index (χ1) is 12.6. The van der Waals surface area contributed by atoms with E-state index in [1.54, 1.807) is 24.1 Å². The van der Waals surface area contributed by atoms with Gasteiger partial charge in [-0.2, -0.15) is 0 Å². The summed E-state index contributed by atoms with van der Waals surface area (Å²) in [6.45, 7) is 0.970. The molecule has 1 aliphatic heterocycles. The average molecular weight is 356 g/mol. The Balaban J connectivity index is 1.81. The maximum atomic E-state index is 13.0. The Bertz CT molecular complexity index is 792. The molecule has 136 valence electrons. The number of hydrogen-bond acceptors (Lipinski definition) is 3. The van der Waals surface area contributed by atoms with Crippen LogP contribution < -0.4 is 5.32 Å². The topological polar surface area (TPSA) is 58.6 Å². The number of nitrogens with zero attached hydrogens (tertiary/aromatic N) is 1. The van der Waals surface area contributed by atoms with Gasteiger partial charge in [0.25, 0.3) is 0 Å². The van der Waals surface area contributed by atoms with Crippen LogP contribution in [0.2, 0.25) is 0 Å². The Hall–Kier alpha value is -2.73. The second-order valence-corrected chi connectivity index (χ2v) is 6.20. The molecule has 1 heterocycles. The lowest BCUT2D eigenvalue weighted by atomic mass is 9.91. The highest BCUT2D eigenvalue weighted by molar-refractivity contribution is 5.92. The van der Waals surface area contributed by atoms with Gasteiger partial charge in [0, 0.05) is 20.2 Å². The lowest BCUT2D eigenvalue weighted by molar-refractivity contribution is -0.142. The van der Waals surface area contributed by atoms with E-state index in [2.05, 4.69) is 5.32 Å². The molecule has 0 radical (unpaired) electrons. The monoisotopic (exact) mass is 356 g/mol. The van der Waals surface area contributed by atoms with Gasteiger partial charge in [0.15, 0.2) is 0 Å². The number of halogens is 1. The highest BCUT2D eigenvalue weighted by Gasteiger charge is 2.36. The van der Waals surface area contributed by atoms with Crippen molar-refractivity contribution in [3.05, 3.63) is 71.0 Å². The van der Waals surface area contributed by atoms with Crippen LogP contribution in [0.5, 0.6) is 0 Å².